The maximum atomic E-state index is 10.3. The summed E-state index contributed by atoms with van der Waals surface area (Å²) in [4.78, 5) is 10.3. The molecule has 0 amide bonds. The van der Waals surface area contributed by atoms with Crippen LogP contribution >= 0.6 is 11.6 Å². The Morgan fingerprint density at radius 1 is 1.55 bits per heavy atom. The van der Waals surface area contributed by atoms with Crippen LogP contribution in [-0.2, 0) is 0 Å². The molecular formula is C7H4BClO2. The largest absolute Gasteiger partial charge is 0.508 e. The summed E-state index contributed by atoms with van der Waals surface area (Å²) in [5.74, 6) is -0.257. The van der Waals surface area contributed by atoms with Gasteiger partial charge >= 0.3 is 0 Å². The average Bonchev–Trinajstić information content (AvgIpc) is 1.99. The molecule has 1 N–H and O–H groups in total. The third-order valence-electron chi connectivity index (χ3n) is 1.31. The minimum Gasteiger partial charge on any atom is -0.508 e. The van der Waals surface area contributed by atoms with Gasteiger partial charge in [0.15, 0.2) is 6.29 Å². The first kappa shape index (κ1) is 8.14. The lowest BCUT2D eigenvalue weighted by Crippen LogP contribution is -2.04. The van der Waals surface area contributed by atoms with Crippen molar-refractivity contribution in [2.45, 2.75) is 0 Å². The Labute approximate surface area is 70.2 Å². The van der Waals surface area contributed by atoms with Crippen LogP contribution in [0.25, 0.3) is 0 Å². The van der Waals surface area contributed by atoms with Crippen LogP contribution in [0, 0.1) is 0 Å². The summed E-state index contributed by atoms with van der Waals surface area (Å²) in [7, 11) is 5.30. The number of benzene rings is 1. The maximum absolute atomic E-state index is 10.3. The highest BCUT2D eigenvalue weighted by Crippen LogP contribution is 2.20. The SMILES string of the molecule is [B]c1ccc(Cl)c(C=O)c1O. The summed E-state index contributed by atoms with van der Waals surface area (Å²) >= 11 is 5.55. The molecule has 0 unspecified atom stereocenters. The minimum atomic E-state index is -0.257. The molecule has 0 heterocycles. The molecule has 0 aromatic heterocycles. The number of aromatic hydroxyl groups is 1. The van der Waals surface area contributed by atoms with Crippen molar-refractivity contribution >= 4 is 31.2 Å². The fraction of sp³-hybridized carbons (Fsp3) is 0. The van der Waals surface area contributed by atoms with Gasteiger partial charge in [-0.3, -0.25) is 4.79 Å². The summed E-state index contributed by atoms with van der Waals surface area (Å²) in [6, 6.07) is 2.89. The second kappa shape index (κ2) is 2.97. The van der Waals surface area contributed by atoms with Gasteiger partial charge in [-0.1, -0.05) is 23.1 Å². The van der Waals surface area contributed by atoms with Crippen molar-refractivity contribution in [1.29, 1.82) is 0 Å². The fourth-order valence-corrected chi connectivity index (χ4v) is 0.909. The summed E-state index contributed by atoms with van der Waals surface area (Å²) in [6.45, 7) is 0. The van der Waals surface area contributed by atoms with Gasteiger partial charge in [0.05, 0.1) is 10.6 Å². The van der Waals surface area contributed by atoms with Gasteiger partial charge in [0, 0.05) is 0 Å². The highest BCUT2D eigenvalue weighted by Gasteiger charge is 2.06. The quantitative estimate of drug-likeness (QED) is 0.491. The van der Waals surface area contributed by atoms with Crippen LogP contribution in [-0.4, -0.2) is 19.2 Å². The zero-order valence-corrected chi connectivity index (χ0v) is 6.30. The highest BCUT2D eigenvalue weighted by atomic mass is 35.5. The van der Waals surface area contributed by atoms with Gasteiger partial charge in [0.1, 0.15) is 13.6 Å². The molecule has 0 aliphatic rings. The first-order chi connectivity index (χ1) is 5.16. The van der Waals surface area contributed by atoms with Crippen molar-refractivity contribution in [1.82, 2.24) is 0 Å². The van der Waals surface area contributed by atoms with Gasteiger partial charge in [-0.05, 0) is 6.07 Å². The van der Waals surface area contributed by atoms with E-state index in [9.17, 15) is 4.79 Å². The first-order valence-electron chi connectivity index (χ1n) is 2.89. The smallest absolute Gasteiger partial charge is 0.155 e. The predicted octanol–water partition coefficient (Wildman–Crippen LogP) is 0.652. The van der Waals surface area contributed by atoms with Crippen molar-refractivity contribution in [3.05, 3.63) is 22.7 Å². The molecule has 0 saturated heterocycles. The van der Waals surface area contributed by atoms with Crippen LogP contribution in [0.3, 0.4) is 0 Å². The molecule has 4 heteroatoms. The molecule has 0 saturated carbocycles. The zero-order valence-electron chi connectivity index (χ0n) is 5.54. The zero-order chi connectivity index (χ0) is 8.43. The maximum Gasteiger partial charge on any atom is 0.155 e. The van der Waals surface area contributed by atoms with Crippen molar-refractivity contribution in [2.24, 2.45) is 0 Å². The lowest BCUT2D eigenvalue weighted by Gasteiger charge is -2.02. The second-order valence-electron chi connectivity index (χ2n) is 2.02. The Bertz CT molecular complexity index is 299. The molecule has 1 aromatic rings. The topological polar surface area (TPSA) is 37.3 Å². The Balaban J connectivity index is 3.40. The molecule has 0 aliphatic heterocycles. The number of hydrogen-bond acceptors (Lipinski definition) is 2. The van der Waals surface area contributed by atoms with Gasteiger partial charge in [-0.2, -0.15) is 0 Å². The number of rotatable bonds is 1. The lowest BCUT2D eigenvalue weighted by atomic mass is 9.93. The van der Waals surface area contributed by atoms with E-state index >= 15 is 0 Å². The monoisotopic (exact) mass is 166 g/mol. The molecule has 2 nitrogen and oxygen atoms in total. The number of halogens is 1. The predicted molar refractivity (Wildman–Crippen MR) is 43.9 cm³/mol. The molecule has 0 aliphatic carbocycles. The van der Waals surface area contributed by atoms with Gasteiger partial charge in [-0.25, -0.2) is 0 Å². The Morgan fingerprint density at radius 3 is 2.64 bits per heavy atom. The van der Waals surface area contributed by atoms with Gasteiger partial charge < -0.3 is 5.11 Å². The van der Waals surface area contributed by atoms with Crippen molar-refractivity contribution in [3.63, 3.8) is 0 Å². The van der Waals surface area contributed by atoms with Crippen LogP contribution in [0.2, 0.25) is 5.02 Å². The van der Waals surface area contributed by atoms with Crippen LogP contribution in [0.5, 0.6) is 5.75 Å². The normalized spacial score (nSPS) is 9.55. The molecule has 11 heavy (non-hydrogen) atoms. The summed E-state index contributed by atoms with van der Waals surface area (Å²) in [6.07, 6.45) is 0.466. The average molecular weight is 166 g/mol. The number of hydrogen-bond donors (Lipinski definition) is 1. The van der Waals surface area contributed by atoms with E-state index in [0.717, 1.165) is 0 Å². The van der Waals surface area contributed by atoms with E-state index in [4.69, 9.17) is 24.6 Å². The van der Waals surface area contributed by atoms with E-state index in [1.54, 1.807) is 0 Å². The molecule has 0 spiro atoms. The molecule has 2 radical (unpaired) electrons. The van der Waals surface area contributed by atoms with Crippen molar-refractivity contribution < 1.29 is 9.90 Å². The van der Waals surface area contributed by atoms with Gasteiger partial charge in [0.2, 0.25) is 0 Å². The van der Waals surface area contributed by atoms with E-state index in [1.807, 2.05) is 0 Å². The summed E-state index contributed by atoms with van der Waals surface area (Å²) in [5, 5.41) is 9.34. The Kier molecular flexibility index (Phi) is 2.20. The van der Waals surface area contributed by atoms with Gasteiger partial charge in [0.25, 0.3) is 0 Å². The summed E-state index contributed by atoms with van der Waals surface area (Å²) < 4.78 is 0. The molecular weight excluding hydrogens is 162 g/mol. The Morgan fingerprint density at radius 2 is 2.18 bits per heavy atom. The van der Waals surface area contributed by atoms with Crippen LogP contribution in [0.15, 0.2) is 12.1 Å². The standard InChI is InChI=1S/C7H4BClO2/c8-5-1-2-6(9)4(3-10)7(5)11/h1-3,11H. The third-order valence-corrected chi connectivity index (χ3v) is 1.64. The van der Waals surface area contributed by atoms with E-state index in [-0.39, 0.29) is 21.8 Å². The molecule has 0 fully saturated rings. The fourth-order valence-electron chi connectivity index (χ4n) is 0.712. The minimum absolute atomic E-state index is 0.0340. The van der Waals surface area contributed by atoms with E-state index in [1.165, 1.54) is 12.1 Å². The molecule has 1 rings (SSSR count). The van der Waals surface area contributed by atoms with Gasteiger partial charge in [-0.15, -0.1) is 0 Å². The van der Waals surface area contributed by atoms with Crippen molar-refractivity contribution in [3.8, 4) is 5.75 Å². The molecule has 0 atom stereocenters. The molecule has 0 bridgehead atoms. The number of aldehydes is 1. The highest BCUT2D eigenvalue weighted by molar-refractivity contribution is 6.38. The summed E-state index contributed by atoms with van der Waals surface area (Å²) in [5.41, 5.74) is 0.183. The molecule has 54 valence electrons. The number of carbonyl (C=O) groups excluding carboxylic acids is 1. The van der Waals surface area contributed by atoms with E-state index in [2.05, 4.69) is 0 Å². The molecule has 1 aromatic carbocycles. The number of carbonyl (C=O) groups is 1. The van der Waals surface area contributed by atoms with E-state index < -0.39 is 0 Å². The first-order valence-corrected chi connectivity index (χ1v) is 3.26. The van der Waals surface area contributed by atoms with Crippen molar-refractivity contribution in [2.75, 3.05) is 0 Å². The van der Waals surface area contributed by atoms with Crippen LogP contribution in [0.4, 0.5) is 0 Å². The second-order valence-corrected chi connectivity index (χ2v) is 2.42. The van der Waals surface area contributed by atoms with Crippen LogP contribution < -0.4 is 5.46 Å². The Hall–Kier alpha value is -0.955. The van der Waals surface area contributed by atoms with E-state index in [0.29, 0.717) is 6.29 Å². The third kappa shape index (κ3) is 1.38. The van der Waals surface area contributed by atoms with Crippen LogP contribution in [0.1, 0.15) is 10.4 Å². The number of phenolic OH excluding ortho intramolecular Hbond substituents is 1. The number of phenols is 1. The lowest BCUT2D eigenvalue weighted by molar-refractivity contribution is 0.112.